The standard InChI is InChI=1S/C21H21N5O2/c1-13-7-8-19(9-14(13)2)25-20(28)16-11-22-21(23-12-16)26-18-6-4-5-17(10-18)24-15(3)27/h4-12H,1-3H3,(H,24,27)(H,25,28)(H,22,23,26). The van der Waals surface area contributed by atoms with Crippen LogP contribution in [-0.4, -0.2) is 21.8 Å². The highest BCUT2D eigenvalue weighted by atomic mass is 16.2. The van der Waals surface area contributed by atoms with E-state index in [4.69, 9.17) is 0 Å². The Hall–Kier alpha value is -3.74. The summed E-state index contributed by atoms with van der Waals surface area (Å²) in [7, 11) is 0. The molecule has 0 bridgehead atoms. The van der Waals surface area contributed by atoms with Gasteiger partial charge in [-0.25, -0.2) is 9.97 Å². The van der Waals surface area contributed by atoms with Crippen LogP contribution in [0.15, 0.2) is 54.9 Å². The number of carbonyl (C=O) groups is 2. The molecule has 3 N–H and O–H groups in total. The van der Waals surface area contributed by atoms with Gasteiger partial charge < -0.3 is 16.0 Å². The fourth-order valence-corrected chi connectivity index (χ4v) is 2.54. The maximum absolute atomic E-state index is 12.4. The molecule has 0 radical (unpaired) electrons. The van der Waals surface area contributed by atoms with E-state index in [2.05, 4.69) is 25.9 Å². The number of carbonyl (C=O) groups excluding carboxylic acids is 2. The molecule has 142 valence electrons. The average molecular weight is 375 g/mol. The van der Waals surface area contributed by atoms with Crippen molar-refractivity contribution in [1.82, 2.24) is 9.97 Å². The second kappa shape index (κ2) is 8.30. The Kier molecular flexibility index (Phi) is 5.64. The van der Waals surface area contributed by atoms with E-state index >= 15 is 0 Å². The van der Waals surface area contributed by atoms with E-state index in [1.54, 1.807) is 18.2 Å². The van der Waals surface area contributed by atoms with Crippen LogP contribution < -0.4 is 16.0 Å². The number of aryl methyl sites for hydroxylation is 2. The largest absolute Gasteiger partial charge is 0.326 e. The lowest BCUT2D eigenvalue weighted by molar-refractivity contribution is -0.114. The quantitative estimate of drug-likeness (QED) is 0.625. The Bertz CT molecular complexity index is 1020. The van der Waals surface area contributed by atoms with Gasteiger partial charge in [-0.3, -0.25) is 9.59 Å². The molecule has 7 heteroatoms. The molecule has 0 aliphatic heterocycles. The van der Waals surface area contributed by atoms with Gasteiger partial charge in [0, 0.05) is 36.4 Å². The molecule has 0 fully saturated rings. The summed E-state index contributed by atoms with van der Waals surface area (Å²) in [4.78, 5) is 31.9. The molecule has 3 rings (SSSR count). The second-order valence-electron chi connectivity index (χ2n) is 6.44. The summed E-state index contributed by atoms with van der Waals surface area (Å²) in [6.07, 6.45) is 2.92. The van der Waals surface area contributed by atoms with E-state index < -0.39 is 0 Å². The second-order valence-corrected chi connectivity index (χ2v) is 6.44. The number of hydrogen-bond acceptors (Lipinski definition) is 5. The molecule has 0 spiro atoms. The van der Waals surface area contributed by atoms with Crippen LogP contribution in [0.25, 0.3) is 0 Å². The predicted octanol–water partition coefficient (Wildman–Crippen LogP) is 4.05. The number of rotatable bonds is 5. The molecular formula is C21H21N5O2. The molecule has 7 nitrogen and oxygen atoms in total. The number of anilines is 4. The van der Waals surface area contributed by atoms with Crippen molar-refractivity contribution in [3.05, 3.63) is 71.5 Å². The number of nitrogens with one attached hydrogen (secondary N) is 3. The molecule has 1 heterocycles. The van der Waals surface area contributed by atoms with Gasteiger partial charge in [-0.05, 0) is 55.3 Å². The third-order valence-electron chi connectivity index (χ3n) is 4.12. The number of benzene rings is 2. The van der Waals surface area contributed by atoms with Gasteiger partial charge in [-0.15, -0.1) is 0 Å². The van der Waals surface area contributed by atoms with Crippen LogP contribution in [-0.2, 0) is 4.79 Å². The van der Waals surface area contributed by atoms with Gasteiger partial charge in [0.15, 0.2) is 0 Å². The van der Waals surface area contributed by atoms with Crippen LogP contribution in [0.3, 0.4) is 0 Å². The summed E-state index contributed by atoms with van der Waals surface area (Å²) in [5, 5.41) is 8.60. The maximum Gasteiger partial charge on any atom is 0.258 e. The van der Waals surface area contributed by atoms with E-state index in [1.165, 1.54) is 24.9 Å². The van der Waals surface area contributed by atoms with Crippen molar-refractivity contribution in [3.63, 3.8) is 0 Å². The predicted molar refractivity (Wildman–Crippen MR) is 110 cm³/mol. The fraction of sp³-hybridized carbons (Fsp3) is 0.143. The zero-order valence-electron chi connectivity index (χ0n) is 15.9. The first kappa shape index (κ1) is 19.0. The minimum Gasteiger partial charge on any atom is -0.326 e. The minimum absolute atomic E-state index is 0.146. The Morgan fingerprint density at radius 3 is 2.18 bits per heavy atom. The smallest absolute Gasteiger partial charge is 0.258 e. The van der Waals surface area contributed by atoms with E-state index in [0.717, 1.165) is 16.9 Å². The van der Waals surface area contributed by atoms with Crippen molar-refractivity contribution in [2.75, 3.05) is 16.0 Å². The Morgan fingerprint density at radius 1 is 0.821 bits per heavy atom. The number of hydrogen-bond donors (Lipinski definition) is 3. The van der Waals surface area contributed by atoms with Crippen LogP contribution in [0.1, 0.15) is 28.4 Å². The molecule has 0 aliphatic carbocycles. The Morgan fingerprint density at radius 2 is 1.50 bits per heavy atom. The number of nitrogens with zero attached hydrogens (tertiary/aromatic N) is 2. The third-order valence-corrected chi connectivity index (χ3v) is 4.12. The summed E-state index contributed by atoms with van der Waals surface area (Å²) in [6.45, 7) is 5.47. The summed E-state index contributed by atoms with van der Waals surface area (Å²) in [5.41, 5.74) is 4.75. The van der Waals surface area contributed by atoms with Crippen LogP contribution in [0.4, 0.5) is 23.0 Å². The monoisotopic (exact) mass is 375 g/mol. The van der Waals surface area contributed by atoms with Crippen molar-refractivity contribution < 1.29 is 9.59 Å². The van der Waals surface area contributed by atoms with Crippen molar-refractivity contribution in [1.29, 1.82) is 0 Å². The van der Waals surface area contributed by atoms with Crippen LogP contribution in [0, 0.1) is 13.8 Å². The number of aromatic nitrogens is 2. The summed E-state index contributed by atoms with van der Waals surface area (Å²) < 4.78 is 0. The van der Waals surface area contributed by atoms with Crippen molar-refractivity contribution >= 4 is 34.8 Å². The van der Waals surface area contributed by atoms with Crippen molar-refractivity contribution in [2.45, 2.75) is 20.8 Å². The van der Waals surface area contributed by atoms with Crippen LogP contribution in [0.5, 0.6) is 0 Å². The van der Waals surface area contributed by atoms with Crippen LogP contribution in [0.2, 0.25) is 0 Å². The first-order chi connectivity index (χ1) is 13.4. The molecule has 0 saturated heterocycles. The molecule has 3 aromatic rings. The molecule has 2 aromatic carbocycles. The molecule has 28 heavy (non-hydrogen) atoms. The normalized spacial score (nSPS) is 10.2. The van der Waals surface area contributed by atoms with E-state index in [9.17, 15) is 9.59 Å². The molecular weight excluding hydrogens is 354 g/mol. The van der Waals surface area contributed by atoms with Gasteiger partial charge in [0.25, 0.3) is 5.91 Å². The molecule has 0 unspecified atom stereocenters. The van der Waals surface area contributed by atoms with Gasteiger partial charge in [-0.1, -0.05) is 12.1 Å². The molecule has 0 aliphatic rings. The molecule has 0 atom stereocenters. The first-order valence-corrected chi connectivity index (χ1v) is 8.76. The van der Waals surface area contributed by atoms with Gasteiger partial charge in [0.1, 0.15) is 0 Å². The van der Waals surface area contributed by atoms with E-state index in [-0.39, 0.29) is 11.8 Å². The zero-order valence-corrected chi connectivity index (χ0v) is 15.9. The highest BCUT2D eigenvalue weighted by Crippen LogP contribution is 2.18. The van der Waals surface area contributed by atoms with E-state index in [1.807, 2.05) is 38.1 Å². The highest BCUT2D eigenvalue weighted by Gasteiger charge is 2.09. The Labute approximate surface area is 163 Å². The maximum atomic E-state index is 12.4. The van der Waals surface area contributed by atoms with Gasteiger partial charge >= 0.3 is 0 Å². The zero-order chi connectivity index (χ0) is 20.1. The molecule has 2 amide bonds. The summed E-state index contributed by atoms with van der Waals surface area (Å²) >= 11 is 0. The van der Waals surface area contributed by atoms with Gasteiger partial charge in [0.2, 0.25) is 11.9 Å². The van der Waals surface area contributed by atoms with Crippen molar-refractivity contribution in [2.24, 2.45) is 0 Å². The lowest BCUT2D eigenvalue weighted by Gasteiger charge is -2.09. The summed E-state index contributed by atoms with van der Waals surface area (Å²) in [5.74, 6) is -0.0716. The average Bonchev–Trinajstić information content (AvgIpc) is 2.65. The lowest BCUT2D eigenvalue weighted by atomic mass is 10.1. The molecule has 1 aromatic heterocycles. The lowest BCUT2D eigenvalue weighted by Crippen LogP contribution is -2.13. The molecule has 0 saturated carbocycles. The SMILES string of the molecule is CC(=O)Nc1cccc(Nc2ncc(C(=O)Nc3ccc(C)c(C)c3)cn2)c1. The summed E-state index contributed by atoms with van der Waals surface area (Å²) in [6, 6.07) is 12.9. The fourth-order valence-electron chi connectivity index (χ4n) is 2.54. The Balaban J connectivity index is 1.66. The highest BCUT2D eigenvalue weighted by molar-refractivity contribution is 6.04. The number of amides is 2. The topological polar surface area (TPSA) is 96.0 Å². The van der Waals surface area contributed by atoms with Crippen LogP contribution >= 0.6 is 0 Å². The van der Waals surface area contributed by atoms with Gasteiger partial charge in [-0.2, -0.15) is 0 Å². The first-order valence-electron chi connectivity index (χ1n) is 8.76. The van der Waals surface area contributed by atoms with Gasteiger partial charge in [0.05, 0.1) is 5.56 Å². The van der Waals surface area contributed by atoms with Crippen molar-refractivity contribution in [3.8, 4) is 0 Å². The third kappa shape index (κ3) is 4.91. The minimum atomic E-state index is -0.276. The van der Waals surface area contributed by atoms with E-state index in [0.29, 0.717) is 17.2 Å².